The first-order chi connectivity index (χ1) is 16.5. The first-order valence-electron chi connectivity index (χ1n) is 12.4. The lowest BCUT2D eigenvalue weighted by atomic mass is 9.88. The molecule has 2 saturated heterocycles. The zero-order valence-electron chi connectivity index (χ0n) is 19.6. The van der Waals surface area contributed by atoms with Crippen LogP contribution in [0.4, 0.5) is 15.9 Å². The van der Waals surface area contributed by atoms with Crippen molar-refractivity contribution in [2.24, 2.45) is 0 Å². The van der Waals surface area contributed by atoms with Gasteiger partial charge in [0.2, 0.25) is 0 Å². The van der Waals surface area contributed by atoms with Gasteiger partial charge in [-0.2, -0.15) is 0 Å². The topological polar surface area (TPSA) is 61.7 Å². The molecule has 2 aromatic carbocycles. The van der Waals surface area contributed by atoms with Crippen LogP contribution in [0.25, 0.3) is 10.9 Å². The third kappa shape index (κ3) is 3.86. The summed E-state index contributed by atoms with van der Waals surface area (Å²) in [6.07, 6.45) is 3.46. The molecule has 178 valence electrons. The SMILES string of the molecule is COc1ccccc1C1CCN(c2nc(C3(F)CC3)nc3ccc(N4CC[C@H](O)C4)cc23)CC1. The van der Waals surface area contributed by atoms with E-state index in [9.17, 15) is 5.11 Å². The van der Waals surface area contributed by atoms with Gasteiger partial charge in [-0.3, -0.25) is 0 Å². The third-order valence-corrected chi connectivity index (χ3v) is 7.65. The van der Waals surface area contributed by atoms with Crippen LogP contribution < -0.4 is 14.5 Å². The Kier molecular flexibility index (Phi) is 5.32. The maximum absolute atomic E-state index is 15.0. The van der Waals surface area contributed by atoms with E-state index in [2.05, 4.69) is 33.0 Å². The number of aliphatic hydroxyl groups excluding tert-OH is 1. The van der Waals surface area contributed by atoms with E-state index in [1.165, 1.54) is 5.56 Å². The fraction of sp³-hybridized carbons (Fsp3) is 0.481. The van der Waals surface area contributed by atoms with Crippen LogP contribution >= 0.6 is 0 Å². The molecule has 3 aliphatic rings. The molecule has 1 saturated carbocycles. The van der Waals surface area contributed by atoms with Crippen LogP contribution in [0.3, 0.4) is 0 Å². The van der Waals surface area contributed by atoms with E-state index in [-0.39, 0.29) is 6.10 Å². The van der Waals surface area contributed by atoms with E-state index < -0.39 is 5.67 Å². The maximum Gasteiger partial charge on any atom is 0.170 e. The number of benzene rings is 2. The second kappa shape index (κ2) is 8.38. The molecule has 6 nitrogen and oxygen atoms in total. The number of anilines is 2. The minimum Gasteiger partial charge on any atom is -0.496 e. The summed E-state index contributed by atoms with van der Waals surface area (Å²) in [7, 11) is 1.73. The van der Waals surface area contributed by atoms with Gasteiger partial charge in [0.25, 0.3) is 0 Å². The largest absolute Gasteiger partial charge is 0.496 e. The fourth-order valence-corrected chi connectivity index (χ4v) is 5.45. The fourth-order valence-electron chi connectivity index (χ4n) is 5.45. The Labute approximate surface area is 199 Å². The second-order valence-electron chi connectivity index (χ2n) is 9.93. The van der Waals surface area contributed by atoms with Crippen LogP contribution in [0.1, 0.15) is 49.4 Å². The van der Waals surface area contributed by atoms with Gasteiger partial charge in [0, 0.05) is 37.3 Å². The predicted molar refractivity (Wildman–Crippen MR) is 132 cm³/mol. The molecule has 7 heteroatoms. The van der Waals surface area contributed by atoms with Gasteiger partial charge >= 0.3 is 0 Å². The molecule has 1 aromatic heterocycles. The lowest BCUT2D eigenvalue weighted by Crippen LogP contribution is -2.34. The van der Waals surface area contributed by atoms with E-state index >= 15 is 4.39 Å². The van der Waals surface area contributed by atoms with Gasteiger partial charge in [0.05, 0.1) is 18.7 Å². The molecule has 0 spiro atoms. The summed E-state index contributed by atoms with van der Waals surface area (Å²) in [4.78, 5) is 14.0. The number of β-amino-alcohol motifs (C(OH)–C–C–N with tert-alkyl or cyclic N) is 1. The van der Waals surface area contributed by atoms with Gasteiger partial charge in [-0.05, 0) is 67.9 Å². The molecule has 0 unspecified atom stereocenters. The van der Waals surface area contributed by atoms with Crippen molar-refractivity contribution < 1.29 is 14.2 Å². The second-order valence-corrected chi connectivity index (χ2v) is 9.93. The Morgan fingerprint density at radius 1 is 1.00 bits per heavy atom. The monoisotopic (exact) mass is 462 g/mol. The van der Waals surface area contributed by atoms with Crippen LogP contribution in [-0.2, 0) is 5.67 Å². The lowest BCUT2D eigenvalue weighted by molar-refractivity contribution is 0.198. The molecular weight excluding hydrogens is 431 g/mol. The van der Waals surface area contributed by atoms with E-state index in [0.717, 1.165) is 67.1 Å². The molecule has 0 amide bonds. The minimum absolute atomic E-state index is 0.288. The molecule has 6 rings (SSSR count). The quantitative estimate of drug-likeness (QED) is 0.600. The molecule has 3 aromatic rings. The summed E-state index contributed by atoms with van der Waals surface area (Å²) >= 11 is 0. The van der Waals surface area contributed by atoms with E-state index in [1.54, 1.807) is 7.11 Å². The number of methoxy groups -OCH3 is 1. The number of alkyl halides is 1. The zero-order valence-corrected chi connectivity index (χ0v) is 19.6. The predicted octanol–water partition coefficient (Wildman–Crippen LogP) is 4.55. The Morgan fingerprint density at radius 2 is 1.76 bits per heavy atom. The van der Waals surface area contributed by atoms with Gasteiger partial charge in [0.15, 0.2) is 11.5 Å². The Hall–Kier alpha value is -2.93. The van der Waals surface area contributed by atoms with Gasteiger partial charge < -0.3 is 19.6 Å². The summed E-state index contributed by atoms with van der Waals surface area (Å²) < 4.78 is 20.6. The van der Waals surface area contributed by atoms with Crippen LogP contribution in [0, 0.1) is 0 Å². The van der Waals surface area contributed by atoms with Crippen LogP contribution in [0.2, 0.25) is 0 Å². The van der Waals surface area contributed by atoms with E-state index in [1.807, 2.05) is 24.3 Å². The van der Waals surface area contributed by atoms with E-state index in [0.29, 0.717) is 31.1 Å². The number of aliphatic hydroxyl groups is 1. The minimum atomic E-state index is -1.38. The Bertz CT molecular complexity index is 1210. The molecular formula is C27H31FN4O2. The molecule has 3 heterocycles. The smallest absolute Gasteiger partial charge is 0.170 e. The average Bonchev–Trinajstić information content (AvgIpc) is 3.49. The van der Waals surface area contributed by atoms with E-state index in [4.69, 9.17) is 9.72 Å². The normalized spacial score (nSPS) is 22.4. The van der Waals surface area contributed by atoms with Crippen molar-refractivity contribution in [3.63, 3.8) is 0 Å². The first kappa shape index (κ1) is 21.6. The van der Waals surface area contributed by atoms with Crippen LogP contribution in [0.15, 0.2) is 42.5 Å². The molecule has 1 atom stereocenters. The number of nitrogens with zero attached hydrogens (tertiary/aromatic N) is 4. The number of ether oxygens (including phenoxy) is 1. The molecule has 1 aliphatic carbocycles. The molecule has 3 fully saturated rings. The number of hydrogen-bond acceptors (Lipinski definition) is 6. The zero-order chi connectivity index (χ0) is 23.3. The molecule has 0 radical (unpaired) electrons. The van der Waals surface area contributed by atoms with Crippen molar-refractivity contribution >= 4 is 22.4 Å². The van der Waals surface area contributed by atoms with Gasteiger partial charge in [0.1, 0.15) is 11.6 Å². The van der Waals surface area contributed by atoms with Gasteiger partial charge in [-0.15, -0.1) is 0 Å². The molecule has 0 bridgehead atoms. The number of para-hydroxylation sites is 1. The van der Waals surface area contributed by atoms with Gasteiger partial charge in [-0.25, -0.2) is 14.4 Å². The number of halogens is 1. The highest BCUT2D eigenvalue weighted by Gasteiger charge is 2.48. The standard InChI is InChI=1S/C27H31FN4O2/c1-34-24-5-3-2-4-21(24)18-8-13-31(14-9-18)25-22-16-19(32-15-10-20(33)17-32)6-7-23(22)29-26(30-25)27(28)11-12-27/h2-7,16,18,20,33H,8-15,17H2,1H3/t20-/m0/s1. The first-order valence-corrected chi connectivity index (χ1v) is 12.4. The van der Waals surface area contributed by atoms with Crippen LogP contribution in [0.5, 0.6) is 5.75 Å². The Morgan fingerprint density at radius 3 is 2.47 bits per heavy atom. The number of hydrogen-bond donors (Lipinski definition) is 1. The van der Waals surface area contributed by atoms with Crippen molar-refractivity contribution in [2.45, 2.75) is 49.8 Å². The van der Waals surface area contributed by atoms with Crippen molar-refractivity contribution in [1.29, 1.82) is 0 Å². The highest BCUT2D eigenvalue weighted by atomic mass is 19.1. The summed E-state index contributed by atoms with van der Waals surface area (Å²) in [5.41, 5.74) is 1.73. The number of rotatable bonds is 5. The van der Waals surface area contributed by atoms with Crippen molar-refractivity contribution in [3.05, 3.63) is 53.9 Å². The number of fused-ring (bicyclic) bond motifs is 1. The summed E-state index contributed by atoms with van der Waals surface area (Å²) in [6.45, 7) is 3.16. The highest BCUT2D eigenvalue weighted by Crippen LogP contribution is 2.49. The highest BCUT2D eigenvalue weighted by molar-refractivity contribution is 5.92. The maximum atomic E-state index is 15.0. The third-order valence-electron chi connectivity index (χ3n) is 7.65. The van der Waals surface area contributed by atoms with Crippen molar-refractivity contribution in [3.8, 4) is 5.75 Å². The summed E-state index contributed by atoms with van der Waals surface area (Å²) in [5.74, 6) is 2.54. The number of aromatic nitrogens is 2. The number of piperidine rings is 1. The molecule has 1 N–H and O–H groups in total. The van der Waals surface area contributed by atoms with Crippen molar-refractivity contribution in [2.75, 3.05) is 43.1 Å². The molecule has 2 aliphatic heterocycles. The lowest BCUT2D eigenvalue weighted by Gasteiger charge is -2.34. The van der Waals surface area contributed by atoms with Crippen LogP contribution in [-0.4, -0.2) is 54.5 Å². The van der Waals surface area contributed by atoms with Gasteiger partial charge in [-0.1, -0.05) is 18.2 Å². The summed E-state index contributed by atoms with van der Waals surface area (Å²) in [6, 6.07) is 14.4. The average molecular weight is 463 g/mol. The Balaban J connectivity index is 1.33. The molecule has 34 heavy (non-hydrogen) atoms. The van der Waals surface area contributed by atoms with Crippen molar-refractivity contribution in [1.82, 2.24) is 9.97 Å². The summed E-state index contributed by atoms with van der Waals surface area (Å²) in [5, 5.41) is 11.0.